The molecule has 15 heavy (non-hydrogen) atoms. The molecule has 1 saturated carbocycles. The molecule has 0 aliphatic heterocycles. The summed E-state index contributed by atoms with van der Waals surface area (Å²) < 4.78 is 10.7. The highest BCUT2D eigenvalue weighted by Crippen LogP contribution is 2.21. The van der Waals surface area contributed by atoms with Crippen molar-refractivity contribution >= 4 is 5.97 Å². The first-order valence-electron chi connectivity index (χ1n) is 5.67. The molecule has 0 spiro atoms. The second-order valence-corrected chi connectivity index (χ2v) is 4.28. The summed E-state index contributed by atoms with van der Waals surface area (Å²) in [5.41, 5.74) is 5.39. The molecule has 1 aliphatic rings. The van der Waals surface area contributed by atoms with Crippen LogP contribution in [0.3, 0.4) is 0 Å². The maximum absolute atomic E-state index is 11.1. The molecule has 88 valence electrons. The van der Waals surface area contributed by atoms with Gasteiger partial charge in [0.1, 0.15) is 12.1 Å². The third kappa shape index (κ3) is 4.62. The zero-order chi connectivity index (χ0) is 11.3. The molecule has 0 aromatic carbocycles. The van der Waals surface area contributed by atoms with E-state index in [9.17, 15) is 4.79 Å². The highest BCUT2D eigenvalue weighted by molar-refractivity contribution is 5.75. The van der Waals surface area contributed by atoms with Gasteiger partial charge in [-0.25, -0.2) is 0 Å². The standard InChI is InChI=1S/C11H21NO3/c1-8(15-11(13)9(2)12)7-14-10-5-3-4-6-10/h8-10H,3-7,12H2,1-2H3/t8-,9-/m0/s1. The van der Waals surface area contributed by atoms with Gasteiger partial charge < -0.3 is 15.2 Å². The number of hydrogen-bond acceptors (Lipinski definition) is 4. The van der Waals surface area contributed by atoms with Crippen molar-refractivity contribution in [3.63, 3.8) is 0 Å². The molecule has 0 radical (unpaired) electrons. The van der Waals surface area contributed by atoms with E-state index in [1.807, 2.05) is 6.92 Å². The molecule has 1 rings (SSSR count). The molecule has 0 unspecified atom stereocenters. The summed E-state index contributed by atoms with van der Waals surface area (Å²) in [5, 5.41) is 0. The lowest BCUT2D eigenvalue weighted by molar-refractivity contribution is -0.153. The molecule has 1 fully saturated rings. The van der Waals surface area contributed by atoms with E-state index in [4.69, 9.17) is 15.2 Å². The minimum absolute atomic E-state index is 0.205. The second-order valence-electron chi connectivity index (χ2n) is 4.28. The lowest BCUT2D eigenvalue weighted by Crippen LogP contribution is -2.33. The fraction of sp³-hybridized carbons (Fsp3) is 0.909. The van der Waals surface area contributed by atoms with Gasteiger partial charge in [-0.2, -0.15) is 0 Å². The molecule has 2 N–H and O–H groups in total. The zero-order valence-electron chi connectivity index (χ0n) is 9.57. The van der Waals surface area contributed by atoms with Crippen LogP contribution in [0.25, 0.3) is 0 Å². The van der Waals surface area contributed by atoms with Gasteiger partial charge in [0, 0.05) is 0 Å². The van der Waals surface area contributed by atoms with Gasteiger partial charge in [-0.15, -0.1) is 0 Å². The number of ether oxygens (including phenoxy) is 2. The van der Waals surface area contributed by atoms with E-state index in [1.54, 1.807) is 6.92 Å². The SMILES string of the molecule is C[C@H](N)C(=O)O[C@@H](C)COC1CCCC1. The number of esters is 1. The molecular weight excluding hydrogens is 194 g/mol. The summed E-state index contributed by atoms with van der Waals surface area (Å²) in [5.74, 6) is -0.363. The first kappa shape index (κ1) is 12.5. The van der Waals surface area contributed by atoms with Crippen LogP contribution < -0.4 is 5.73 Å². The zero-order valence-corrected chi connectivity index (χ0v) is 9.57. The second kappa shape index (κ2) is 6.08. The van der Waals surface area contributed by atoms with Gasteiger partial charge in [0.15, 0.2) is 0 Å². The topological polar surface area (TPSA) is 61.6 Å². The van der Waals surface area contributed by atoms with Crippen LogP contribution in [0.2, 0.25) is 0 Å². The average Bonchev–Trinajstić information content (AvgIpc) is 2.66. The molecule has 0 aromatic rings. The predicted molar refractivity (Wildman–Crippen MR) is 57.4 cm³/mol. The van der Waals surface area contributed by atoms with Crippen LogP contribution >= 0.6 is 0 Å². The molecule has 0 amide bonds. The Bertz CT molecular complexity index is 200. The summed E-state index contributed by atoms with van der Waals surface area (Å²) in [6, 6.07) is -0.557. The van der Waals surface area contributed by atoms with Crippen molar-refractivity contribution in [2.45, 2.75) is 57.8 Å². The summed E-state index contributed by atoms with van der Waals surface area (Å²) in [7, 11) is 0. The van der Waals surface area contributed by atoms with Crippen molar-refractivity contribution in [3.05, 3.63) is 0 Å². The van der Waals surface area contributed by atoms with Crippen LogP contribution in [0.1, 0.15) is 39.5 Å². The van der Waals surface area contributed by atoms with Crippen molar-refractivity contribution in [3.8, 4) is 0 Å². The Labute approximate surface area is 91.1 Å². The minimum atomic E-state index is -0.557. The van der Waals surface area contributed by atoms with E-state index in [0.29, 0.717) is 12.7 Å². The quantitative estimate of drug-likeness (QED) is 0.700. The van der Waals surface area contributed by atoms with E-state index in [2.05, 4.69) is 0 Å². The van der Waals surface area contributed by atoms with Gasteiger partial charge in [0.2, 0.25) is 0 Å². The van der Waals surface area contributed by atoms with Gasteiger partial charge >= 0.3 is 5.97 Å². The molecule has 0 bridgehead atoms. The van der Waals surface area contributed by atoms with Gasteiger partial charge in [-0.3, -0.25) is 4.79 Å². The Balaban J connectivity index is 2.12. The van der Waals surface area contributed by atoms with Gasteiger partial charge in [-0.1, -0.05) is 12.8 Å². The molecule has 0 aromatic heterocycles. The Morgan fingerprint density at radius 2 is 2.00 bits per heavy atom. The van der Waals surface area contributed by atoms with Crippen molar-refractivity contribution in [1.82, 2.24) is 0 Å². The monoisotopic (exact) mass is 215 g/mol. The van der Waals surface area contributed by atoms with Gasteiger partial charge in [0.05, 0.1) is 12.7 Å². The minimum Gasteiger partial charge on any atom is -0.459 e. The van der Waals surface area contributed by atoms with Crippen LogP contribution in [0, 0.1) is 0 Å². The highest BCUT2D eigenvalue weighted by atomic mass is 16.6. The number of carbonyl (C=O) groups is 1. The highest BCUT2D eigenvalue weighted by Gasteiger charge is 2.18. The number of rotatable bonds is 5. The lowest BCUT2D eigenvalue weighted by atomic mass is 10.3. The maximum atomic E-state index is 11.1. The molecule has 0 saturated heterocycles. The maximum Gasteiger partial charge on any atom is 0.322 e. The van der Waals surface area contributed by atoms with Crippen molar-refractivity contribution in [1.29, 1.82) is 0 Å². The summed E-state index contributed by atoms with van der Waals surface area (Å²) >= 11 is 0. The first-order chi connectivity index (χ1) is 7.09. The van der Waals surface area contributed by atoms with E-state index in [0.717, 1.165) is 12.8 Å². The fourth-order valence-electron chi connectivity index (χ4n) is 1.67. The normalized spacial score (nSPS) is 21.3. The number of carbonyl (C=O) groups excluding carboxylic acids is 1. The first-order valence-corrected chi connectivity index (χ1v) is 5.67. The number of nitrogens with two attached hydrogens (primary N) is 1. The largest absolute Gasteiger partial charge is 0.459 e. The molecule has 0 heterocycles. The summed E-state index contributed by atoms with van der Waals surface area (Å²) in [6.45, 7) is 3.92. The third-order valence-electron chi connectivity index (χ3n) is 2.56. The Kier molecular flexibility index (Phi) is 5.05. The van der Waals surface area contributed by atoms with E-state index in [1.165, 1.54) is 12.8 Å². The van der Waals surface area contributed by atoms with Crippen molar-refractivity contribution < 1.29 is 14.3 Å². The molecular formula is C11H21NO3. The number of hydrogen-bond donors (Lipinski definition) is 1. The van der Waals surface area contributed by atoms with Crippen LogP contribution in [-0.2, 0) is 14.3 Å². The summed E-state index contributed by atoms with van der Waals surface area (Å²) in [6.07, 6.45) is 4.92. The van der Waals surface area contributed by atoms with Crippen LogP contribution in [-0.4, -0.2) is 30.8 Å². The molecule has 4 nitrogen and oxygen atoms in total. The third-order valence-corrected chi connectivity index (χ3v) is 2.56. The van der Waals surface area contributed by atoms with Crippen molar-refractivity contribution in [2.75, 3.05) is 6.61 Å². The van der Waals surface area contributed by atoms with Gasteiger partial charge in [0.25, 0.3) is 0 Å². The van der Waals surface area contributed by atoms with Gasteiger partial charge in [-0.05, 0) is 26.7 Å². The van der Waals surface area contributed by atoms with Crippen LogP contribution in [0.4, 0.5) is 0 Å². The van der Waals surface area contributed by atoms with Crippen LogP contribution in [0.15, 0.2) is 0 Å². The Morgan fingerprint density at radius 3 is 2.53 bits per heavy atom. The van der Waals surface area contributed by atoms with Crippen LogP contribution in [0.5, 0.6) is 0 Å². The smallest absolute Gasteiger partial charge is 0.322 e. The lowest BCUT2D eigenvalue weighted by Gasteiger charge is -2.17. The average molecular weight is 215 g/mol. The van der Waals surface area contributed by atoms with E-state index >= 15 is 0 Å². The van der Waals surface area contributed by atoms with E-state index in [-0.39, 0.29) is 12.1 Å². The Morgan fingerprint density at radius 1 is 1.40 bits per heavy atom. The summed E-state index contributed by atoms with van der Waals surface area (Å²) in [4.78, 5) is 11.1. The predicted octanol–water partition coefficient (Wildman–Crippen LogP) is 1.22. The Hall–Kier alpha value is -0.610. The van der Waals surface area contributed by atoms with E-state index < -0.39 is 6.04 Å². The molecule has 4 heteroatoms. The molecule has 2 atom stereocenters. The molecule has 1 aliphatic carbocycles. The van der Waals surface area contributed by atoms with Crippen molar-refractivity contribution in [2.24, 2.45) is 5.73 Å². The fourth-order valence-corrected chi connectivity index (χ4v) is 1.67.